The highest BCUT2D eigenvalue weighted by Crippen LogP contribution is 2.49. The van der Waals surface area contributed by atoms with Gasteiger partial charge in [0.25, 0.3) is 0 Å². The lowest BCUT2D eigenvalue weighted by molar-refractivity contribution is -0.190. The fourth-order valence-electron chi connectivity index (χ4n) is 3.60. The third kappa shape index (κ3) is 2.54. The molecule has 0 bridgehead atoms. The number of piperidine rings is 1. The Hall–Kier alpha value is -1.17. The number of benzene rings is 1. The second kappa shape index (κ2) is 5.55. The Balaban J connectivity index is 1.59. The molecule has 1 spiro atoms. The highest BCUT2D eigenvalue weighted by Gasteiger charge is 2.54. The molecule has 1 aromatic carbocycles. The van der Waals surface area contributed by atoms with Crippen molar-refractivity contribution in [3.05, 3.63) is 29.6 Å². The maximum Gasteiger partial charge on any atom is 0.165 e. The second-order valence-corrected chi connectivity index (χ2v) is 6.25. The van der Waals surface area contributed by atoms with E-state index in [0.29, 0.717) is 13.0 Å². The van der Waals surface area contributed by atoms with Crippen LogP contribution in [-0.2, 0) is 6.54 Å². The SMILES string of the molecule is COc1ccc(CN2CCC3(CC2)[C@H](O)C[C@@H]3O)cc1F. The molecule has 21 heavy (non-hydrogen) atoms. The zero-order valence-electron chi connectivity index (χ0n) is 12.3. The lowest BCUT2D eigenvalue weighted by Gasteiger charge is -2.55. The molecular weight excluding hydrogens is 273 g/mol. The molecule has 0 aromatic heterocycles. The fourth-order valence-corrected chi connectivity index (χ4v) is 3.60. The van der Waals surface area contributed by atoms with Crippen LogP contribution in [0.4, 0.5) is 4.39 Å². The lowest BCUT2D eigenvalue weighted by atomic mass is 9.58. The van der Waals surface area contributed by atoms with E-state index in [1.165, 1.54) is 13.2 Å². The number of aliphatic hydroxyl groups is 2. The van der Waals surface area contributed by atoms with Crippen LogP contribution in [0.25, 0.3) is 0 Å². The van der Waals surface area contributed by atoms with Crippen LogP contribution in [0.15, 0.2) is 18.2 Å². The normalized spacial score (nSPS) is 28.4. The molecule has 2 N–H and O–H groups in total. The van der Waals surface area contributed by atoms with E-state index in [-0.39, 0.29) is 29.2 Å². The first-order chi connectivity index (χ1) is 10.0. The maximum atomic E-state index is 13.7. The molecular formula is C16H22FNO3. The highest BCUT2D eigenvalue weighted by molar-refractivity contribution is 5.29. The van der Waals surface area contributed by atoms with Gasteiger partial charge in [0.2, 0.25) is 0 Å². The number of nitrogens with zero attached hydrogens (tertiary/aromatic N) is 1. The molecule has 1 heterocycles. The number of rotatable bonds is 3. The van der Waals surface area contributed by atoms with Crippen LogP contribution in [0.3, 0.4) is 0 Å². The van der Waals surface area contributed by atoms with Crippen LogP contribution in [0.1, 0.15) is 24.8 Å². The summed E-state index contributed by atoms with van der Waals surface area (Å²) in [6.07, 6.45) is 1.37. The van der Waals surface area contributed by atoms with Crippen molar-refractivity contribution < 1.29 is 19.3 Å². The van der Waals surface area contributed by atoms with Gasteiger partial charge in [-0.3, -0.25) is 4.90 Å². The maximum absolute atomic E-state index is 13.7. The molecule has 1 aliphatic carbocycles. The molecule has 1 saturated carbocycles. The van der Waals surface area contributed by atoms with Crippen molar-refractivity contribution in [2.24, 2.45) is 5.41 Å². The van der Waals surface area contributed by atoms with E-state index < -0.39 is 0 Å². The van der Waals surface area contributed by atoms with Crippen molar-refractivity contribution in [2.75, 3.05) is 20.2 Å². The molecule has 1 aromatic rings. The molecule has 1 saturated heterocycles. The van der Waals surface area contributed by atoms with Gasteiger partial charge in [-0.25, -0.2) is 4.39 Å². The van der Waals surface area contributed by atoms with Gasteiger partial charge in [-0.05, 0) is 43.6 Å². The molecule has 116 valence electrons. The number of hydrogen-bond acceptors (Lipinski definition) is 4. The number of halogens is 1. The van der Waals surface area contributed by atoms with Gasteiger partial charge in [-0.15, -0.1) is 0 Å². The molecule has 2 aliphatic rings. The van der Waals surface area contributed by atoms with E-state index in [2.05, 4.69) is 4.90 Å². The minimum absolute atomic E-state index is 0.261. The average Bonchev–Trinajstić information content (AvgIpc) is 2.48. The summed E-state index contributed by atoms with van der Waals surface area (Å²) >= 11 is 0. The molecule has 2 fully saturated rings. The summed E-state index contributed by atoms with van der Waals surface area (Å²) in [5.74, 6) is -0.0784. The largest absolute Gasteiger partial charge is 0.494 e. The molecule has 0 radical (unpaired) electrons. The highest BCUT2D eigenvalue weighted by atomic mass is 19.1. The minimum Gasteiger partial charge on any atom is -0.494 e. The predicted octanol–water partition coefficient (Wildman–Crippen LogP) is 1.54. The summed E-state index contributed by atoms with van der Waals surface area (Å²) in [6, 6.07) is 5.03. The van der Waals surface area contributed by atoms with Gasteiger partial charge in [-0.2, -0.15) is 0 Å². The summed E-state index contributed by atoms with van der Waals surface area (Å²) < 4.78 is 18.6. The molecule has 5 heteroatoms. The first-order valence-corrected chi connectivity index (χ1v) is 7.46. The number of hydrogen-bond donors (Lipinski definition) is 2. The van der Waals surface area contributed by atoms with E-state index in [1.54, 1.807) is 6.07 Å². The topological polar surface area (TPSA) is 52.9 Å². The fraction of sp³-hybridized carbons (Fsp3) is 0.625. The van der Waals surface area contributed by atoms with Crippen LogP contribution < -0.4 is 4.74 Å². The Labute approximate surface area is 124 Å². The van der Waals surface area contributed by atoms with Crippen LogP contribution >= 0.6 is 0 Å². The van der Waals surface area contributed by atoms with Gasteiger partial charge >= 0.3 is 0 Å². The van der Waals surface area contributed by atoms with Crippen molar-refractivity contribution in [3.8, 4) is 5.75 Å². The molecule has 2 atom stereocenters. The summed E-state index contributed by atoms with van der Waals surface area (Å²) in [4.78, 5) is 2.24. The Morgan fingerprint density at radius 1 is 1.29 bits per heavy atom. The summed E-state index contributed by atoms with van der Waals surface area (Å²) in [5.41, 5.74) is 0.626. The van der Waals surface area contributed by atoms with Crippen LogP contribution in [0.5, 0.6) is 5.75 Å². The van der Waals surface area contributed by atoms with E-state index in [9.17, 15) is 14.6 Å². The Kier molecular flexibility index (Phi) is 3.90. The van der Waals surface area contributed by atoms with E-state index >= 15 is 0 Å². The van der Waals surface area contributed by atoms with Crippen molar-refractivity contribution in [1.82, 2.24) is 4.90 Å². The van der Waals surface area contributed by atoms with Gasteiger partial charge in [-0.1, -0.05) is 6.07 Å². The standard InChI is InChI=1S/C16H22FNO3/c1-21-13-3-2-11(8-12(13)17)10-18-6-4-16(5-7-18)14(19)9-15(16)20/h2-3,8,14-15,19-20H,4-7,9-10H2,1H3/t14-,15+. The Morgan fingerprint density at radius 2 is 1.95 bits per heavy atom. The van der Waals surface area contributed by atoms with E-state index in [0.717, 1.165) is 31.5 Å². The minimum atomic E-state index is -0.368. The second-order valence-electron chi connectivity index (χ2n) is 6.25. The van der Waals surface area contributed by atoms with Gasteiger partial charge in [0.05, 0.1) is 19.3 Å². The predicted molar refractivity (Wildman–Crippen MR) is 76.5 cm³/mol. The lowest BCUT2D eigenvalue weighted by Crippen LogP contribution is -2.61. The summed E-state index contributed by atoms with van der Waals surface area (Å²) in [7, 11) is 1.46. The van der Waals surface area contributed by atoms with Gasteiger partial charge in [0.1, 0.15) is 0 Å². The molecule has 0 unspecified atom stereocenters. The van der Waals surface area contributed by atoms with Gasteiger partial charge in [0, 0.05) is 18.4 Å². The van der Waals surface area contributed by atoms with Crippen LogP contribution in [0.2, 0.25) is 0 Å². The number of aliphatic hydroxyl groups excluding tert-OH is 2. The molecule has 4 nitrogen and oxygen atoms in total. The van der Waals surface area contributed by atoms with Crippen LogP contribution in [0, 0.1) is 11.2 Å². The number of ether oxygens (including phenoxy) is 1. The number of methoxy groups -OCH3 is 1. The summed E-state index contributed by atoms with van der Waals surface area (Å²) in [5, 5.41) is 19.8. The Bertz CT molecular complexity index is 504. The third-order valence-electron chi connectivity index (χ3n) is 5.18. The first kappa shape index (κ1) is 14.8. The molecule has 1 aliphatic heterocycles. The van der Waals surface area contributed by atoms with Crippen molar-refractivity contribution in [2.45, 2.75) is 38.0 Å². The monoisotopic (exact) mass is 295 g/mol. The quantitative estimate of drug-likeness (QED) is 0.888. The Morgan fingerprint density at radius 3 is 2.48 bits per heavy atom. The van der Waals surface area contributed by atoms with Crippen molar-refractivity contribution in [3.63, 3.8) is 0 Å². The van der Waals surface area contributed by atoms with E-state index in [1.807, 2.05) is 6.07 Å². The molecule has 0 amide bonds. The van der Waals surface area contributed by atoms with Crippen LogP contribution in [-0.4, -0.2) is 47.5 Å². The number of likely N-dealkylation sites (tertiary alicyclic amines) is 1. The summed E-state index contributed by atoms with van der Waals surface area (Å²) in [6.45, 7) is 2.33. The molecule has 3 rings (SSSR count). The van der Waals surface area contributed by atoms with Crippen molar-refractivity contribution in [1.29, 1.82) is 0 Å². The zero-order chi connectivity index (χ0) is 15.0. The van der Waals surface area contributed by atoms with Gasteiger partial charge in [0.15, 0.2) is 11.6 Å². The van der Waals surface area contributed by atoms with Gasteiger partial charge < -0.3 is 14.9 Å². The first-order valence-electron chi connectivity index (χ1n) is 7.46. The third-order valence-corrected chi connectivity index (χ3v) is 5.18. The average molecular weight is 295 g/mol. The smallest absolute Gasteiger partial charge is 0.165 e. The van der Waals surface area contributed by atoms with E-state index in [4.69, 9.17) is 4.74 Å². The van der Waals surface area contributed by atoms with Crippen molar-refractivity contribution >= 4 is 0 Å². The zero-order valence-corrected chi connectivity index (χ0v) is 12.3.